The number of nitrogens with zero attached hydrogens (tertiary/aromatic N) is 1. The van der Waals surface area contributed by atoms with E-state index in [2.05, 4.69) is 5.32 Å². The third-order valence-electron chi connectivity index (χ3n) is 3.75. The van der Waals surface area contributed by atoms with E-state index in [9.17, 15) is 9.59 Å². The van der Waals surface area contributed by atoms with Gasteiger partial charge in [-0.2, -0.15) is 0 Å². The highest BCUT2D eigenvalue weighted by Gasteiger charge is 2.44. The van der Waals surface area contributed by atoms with Crippen LogP contribution in [0.25, 0.3) is 0 Å². The molecule has 1 fully saturated rings. The molecule has 1 aromatic carbocycles. The van der Waals surface area contributed by atoms with Gasteiger partial charge in [0.05, 0.1) is 7.11 Å². The first-order chi connectivity index (χ1) is 9.75. The second kappa shape index (κ2) is 5.39. The molecule has 2 atom stereocenters. The van der Waals surface area contributed by atoms with E-state index in [1.807, 2.05) is 20.8 Å². The van der Waals surface area contributed by atoms with Crippen LogP contribution in [0.2, 0.25) is 0 Å². The predicted molar refractivity (Wildman–Crippen MR) is 81.3 cm³/mol. The maximum absolute atomic E-state index is 12.8. The molecule has 1 aromatic rings. The lowest BCUT2D eigenvalue weighted by molar-refractivity contribution is -0.136. The molecule has 0 aromatic heterocycles. The van der Waals surface area contributed by atoms with Gasteiger partial charge in [-0.15, -0.1) is 0 Å². The highest BCUT2D eigenvalue weighted by molar-refractivity contribution is 6.08. The number of carbonyl (C=O) groups is 2. The number of anilines is 1. The van der Waals surface area contributed by atoms with Crippen LogP contribution in [0.15, 0.2) is 24.3 Å². The van der Waals surface area contributed by atoms with Crippen molar-refractivity contribution in [2.45, 2.75) is 39.8 Å². The zero-order valence-electron chi connectivity index (χ0n) is 13.1. The van der Waals surface area contributed by atoms with E-state index in [4.69, 9.17) is 4.74 Å². The van der Waals surface area contributed by atoms with Gasteiger partial charge in [-0.3, -0.25) is 14.5 Å². The molecular weight excluding hydrogens is 268 g/mol. The number of amides is 2. The lowest BCUT2D eigenvalue weighted by Crippen LogP contribution is -2.66. The number of benzene rings is 1. The fraction of sp³-hybridized carbons (Fsp3) is 0.500. The topological polar surface area (TPSA) is 58.6 Å². The highest BCUT2D eigenvalue weighted by atomic mass is 16.5. The number of ether oxygens (including phenoxy) is 1. The quantitative estimate of drug-likeness (QED) is 0.906. The Kier molecular flexibility index (Phi) is 3.94. The van der Waals surface area contributed by atoms with Gasteiger partial charge in [0.2, 0.25) is 5.91 Å². The van der Waals surface area contributed by atoms with Gasteiger partial charge in [-0.1, -0.05) is 20.8 Å². The third kappa shape index (κ3) is 2.86. The highest BCUT2D eigenvalue weighted by Crippen LogP contribution is 2.29. The second-order valence-corrected chi connectivity index (χ2v) is 6.39. The summed E-state index contributed by atoms with van der Waals surface area (Å²) in [5.74, 6) is 0.498. The molecule has 1 saturated heterocycles. The lowest BCUT2D eigenvalue weighted by atomic mass is 9.84. The van der Waals surface area contributed by atoms with E-state index in [1.54, 1.807) is 43.2 Å². The first-order valence-electron chi connectivity index (χ1n) is 7.03. The Morgan fingerprint density at radius 1 is 1.14 bits per heavy atom. The van der Waals surface area contributed by atoms with Crippen LogP contribution in [0.5, 0.6) is 5.75 Å². The number of hydrogen-bond acceptors (Lipinski definition) is 3. The molecule has 21 heavy (non-hydrogen) atoms. The minimum atomic E-state index is -0.525. The van der Waals surface area contributed by atoms with Crippen molar-refractivity contribution in [3.05, 3.63) is 24.3 Å². The van der Waals surface area contributed by atoms with E-state index in [-0.39, 0.29) is 17.2 Å². The molecule has 114 valence electrons. The first kappa shape index (κ1) is 15.4. The van der Waals surface area contributed by atoms with E-state index < -0.39 is 12.1 Å². The maximum Gasteiger partial charge on any atom is 0.250 e. The Bertz CT molecular complexity index is 546. The van der Waals surface area contributed by atoms with Gasteiger partial charge in [0.1, 0.15) is 17.8 Å². The normalized spacial score (nSPS) is 23.0. The summed E-state index contributed by atoms with van der Waals surface area (Å²) in [6.07, 6.45) is 0. The molecule has 1 aliphatic rings. The zero-order chi connectivity index (χ0) is 15.8. The van der Waals surface area contributed by atoms with Crippen LogP contribution in [0.1, 0.15) is 27.7 Å². The SMILES string of the molecule is COc1ccc(N2C(=O)C(C(C)(C)C)NC(=O)C2C)cc1. The minimum Gasteiger partial charge on any atom is -0.497 e. The number of rotatable bonds is 2. The summed E-state index contributed by atoms with van der Waals surface area (Å²) in [4.78, 5) is 26.5. The van der Waals surface area contributed by atoms with Crippen molar-refractivity contribution in [3.8, 4) is 5.75 Å². The van der Waals surface area contributed by atoms with Crippen molar-refractivity contribution in [1.29, 1.82) is 0 Å². The monoisotopic (exact) mass is 290 g/mol. The average molecular weight is 290 g/mol. The van der Waals surface area contributed by atoms with Crippen molar-refractivity contribution >= 4 is 17.5 Å². The summed E-state index contributed by atoms with van der Waals surface area (Å²) < 4.78 is 5.12. The Hall–Kier alpha value is -2.04. The zero-order valence-corrected chi connectivity index (χ0v) is 13.1. The van der Waals surface area contributed by atoms with Crippen molar-refractivity contribution in [2.75, 3.05) is 12.0 Å². The average Bonchev–Trinajstić information content (AvgIpc) is 2.42. The van der Waals surface area contributed by atoms with Gasteiger partial charge in [0.25, 0.3) is 5.91 Å². The molecule has 0 bridgehead atoms. The predicted octanol–water partition coefficient (Wildman–Crippen LogP) is 1.96. The fourth-order valence-electron chi connectivity index (χ4n) is 2.45. The van der Waals surface area contributed by atoms with Crippen molar-refractivity contribution in [3.63, 3.8) is 0 Å². The summed E-state index contributed by atoms with van der Waals surface area (Å²) in [5, 5.41) is 2.82. The fourth-order valence-corrected chi connectivity index (χ4v) is 2.45. The molecule has 0 radical (unpaired) electrons. The molecule has 1 heterocycles. The van der Waals surface area contributed by atoms with Crippen molar-refractivity contribution in [2.24, 2.45) is 5.41 Å². The Morgan fingerprint density at radius 3 is 2.19 bits per heavy atom. The summed E-state index contributed by atoms with van der Waals surface area (Å²) >= 11 is 0. The van der Waals surface area contributed by atoms with Crippen LogP contribution in [0.3, 0.4) is 0 Å². The van der Waals surface area contributed by atoms with Gasteiger partial charge in [-0.25, -0.2) is 0 Å². The Labute approximate surface area is 125 Å². The van der Waals surface area contributed by atoms with Crippen LogP contribution in [-0.4, -0.2) is 31.0 Å². The van der Waals surface area contributed by atoms with Crippen LogP contribution < -0.4 is 15.0 Å². The van der Waals surface area contributed by atoms with Crippen LogP contribution in [0, 0.1) is 5.41 Å². The molecule has 5 nitrogen and oxygen atoms in total. The van der Waals surface area contributed by atoms with E-state index in [0.717, 1.165) is 0 Å². The van der Waals surface area contributed by atoms with Gasteiger partial charge in [0.15, 0.2) is 0 Å². The van der Waals surface area contributed by atoms with Crippen LogP contribution in [-0.2, 0) is 9.59 Å². The van der Waals surface area contributed by atoms with E-state index in [1.165, 1.54) is 0 Å². The Balaban J connectivity index is 2.38. The summed E-state index contributed by atoms with van der Waals surface area (Å²) in [6.45, 7) is 7.56. The Morgan fingerprint density at radius 2 is 1.71 bits per heavy atom. The van der Waals surface area contributed by atoms with E-state index in [0.29, 0.717) is 11.4 Å². The van der Waals surface area contributed by atoms with Gasteiger partial charge in [-0.05, 0) is 36.6 Å². The van der Waals surface area contributed by atoms with Crippen molar-refractivity contribution < 1.29 is 14.3 Å². The smallest absolute Gasteiger partial charge is 0.250 e. The molecular formula is C16H22N2O3. The second-order valence-electron chi connectivity index (χ2n) is 6.39. The number of hydrogen-bond donors (Lipinski definition) is 1. The summed E-state index contributed by atoms with van der Waals surface area (Å²) in [5.41, 5.74) is 0.370. The molecule has 1 N–H and O–H groups in total. The molecule has 5 heteroatoms. The molecule has 1 aliphatic heterocycles. The number of piperazine rings is 1. The van der Waals surface area contributed by atoms with Gasteiger partial charge < -0.3 is 10.1 Å². The maximum atomic E-state index is 12.8. The molecule has 0 saturated carbocycles. The number of carbonyl (C=O) groups excluding carboxylic acids is 2. The number of methoxy groups -OCH3 is 1. The van der Waals surface area contributed by atoms with Crippen LogP contribution >= 0.6 is 0 Å². The first-order valence-corrected chi connectivity index (χ1v) is 7.03. The third-order valence-corrected chi connectivity index (χ3v) is 3.75. The largest absolute Gasteiger partial charge is 0.497 e. The standard InChI is InChI=1S/C16H22N2O3/c1-10-14(19)17-13(16(2,3)4)15(20)18(10)11-6-8-12(21-5)9-7-11/h6-10,13H,1-5H3,(H,17,19). The minimum absolute atomic E-state index is 0.0835. The number of nitrogens with one attached hydrogen (secondary N) is 1. The van der Waals surface area contributed by atoms with Crippen LogP contribution in [0.4, 0.5) is 5.69 Å². The van der Waals surface area contributed by atoms with Gasteiger partial charge in [0, 0.05) is 5.69 Å². The van der Waals surface area contributed by atoms with Gasteiger partial charge >= 0.3 is 0 Å². The molecule has 2 rings (SSSR count). The van der Waals surface area contributed by atoms with Crippen molar-refractivity contribution in [1.82, 2.24) is 5.32 Å². The molecule has 0 aliphatic carbocycles. The van der Waals surface area contributed by atoms with E-state index >= 15 is 0 Å². The summed E-state index contributed by atoms with van der Waals surface area (Å²) in [6, 6.07) is 6.12. The molecule has 2 amide bonds. The molecule has 0 spiro atoms. The molecule has 2 unspecified atom stereocenters. The summed E-state index contributed by atoms with van der Waals surface area (Å²) in [7, 11) is 1.59. The lowest BCUT2D eigenvalue weighted by Gasteiger charge is -2.42.